The summed E-state index contributed by atoms with van der Waals surface area (Å²) in [5, 5.41) is 12.5. The Morgan fingerprint density at radius 3 is 2.65 bits per heavy atom. The summed E-state index contributed by atoms with van der Waals surface area (Å²) in [5.41, 5.74) is 2.19. The third kappa shape index (κ3) is 3.65. The van der Waals surface area contributed by atoms with Crippen molar-refractivity contribution in [3.05, 3.63) is 23.8 Å². The molecule has 1 aliphatic carbocycles. The van der Waals surface area contributed by atoms with Crippen LogP contribution in [0.15, 0.2) is 18.2 Å². The number of carboxylic acid groups (broad SMARTS) is 1. The zero-order chi connectivity index (χ0) is 14.5. The van der Waals surface area contributed by atoms with E-state index in [4.69, 9.17) is 9.84 Å². The average molecular weight is 277 g/mol. The summed E-state index contributed by atoms with van der Waals surface area (Å²) in [6.45, 7) is 4.67. The Bertz CT molecular complexity index is 465. The van der Waals surface area contributed by atoms with Gasteiger partial charge >= 0.3 is 5.97 Å². The zero-order valence-corrected chi connectivity index (χ0v) is 12.2. The molecule has 1 saturated carbocycles. The van der Waals surface area contributed by atoms with Crippen LogP contribution >= 0.6 is 0 Å². The molecule has 0 spiro atoms. The molecular weight excluding hydrogens is 254 g/mol. The molecule has 1 aromatic carbocycles. The molecule has 0 amide bonds. The van der Waals surface area contributed by atoms with E-state index >= 15 is 0 Å². The summed E-state index contributed by atoms with van der Waals surface area (Å²) in [4.78, 5) is 11.0. The Hall–Kier alpha value is -1.71. The predicted octanol–water partition coefficient (Wildman–Crippen LogP) is 3.45. The van der Waals surface area contributed by atoms with Crippen molar-refractivity contribution >= 4 is 11.7 Å². The maximum absolute atomic E-state index is 11.0. The van der Waals surface area contributed by atoms with E-state index in [2.05, 4.69) is 11.4 Å². The lowest BCUT2D eigenvalue weighted by molar-refractivity contribution is -0.142. The molecule has 4 heteroatoms. The van der Waals surface area contributed by atoms with Gasteiger partial charge in [-0.15, -0.1) is 0 Å². The minimum absolute atomic E-state index is 0.169. The molecule has 0 aromatic heterocycles. The second kappa shape index (κ2) is 6.64. The van der Waals surface area contributed by atoms with Crippen LogP contribution in [0.5, 0.6) is 5.75 Å². The molecule has 0 heterocycles. The number of anilines is 1. The highest BCUT2D eigenvalue weighted by Crippen LogP contribution is 2.31. The number of ether oxygens (including phenoxy) is 1. The summed E-state index contributed by atoms with van der Waals surface area (Å²) in [6.07, 6.45) is 3.30. The van der Waals surface area contributed by atoms with Crippen molar-refractivity contribution in [3.63, 3.8) is 0 Å². The Balaban J connectivity index is 1.99. The van der Waals surface area contributed by atoms with Crippen LogP contribution in [0, 0.1) is 12.8 Å². The van der Waals surface area contributed by atoms with Gasteiger partial charge in [0.05, 0.1) is 18.2 Å². The van der Waals surface area contributed by atoms with Gasteiger partial charge in [0.15, 0.2) is 0 Å². The standard InChI is InChI=1S/C16H23NO3/c1-3-20-15-10-11(2)4-9-14(15)17-13-7-5-12(6-8-13)16(18)19/h4,9-10,12-13,17H,3,5-8H2,1-2H3,(H,18,19). The zero-order valence-electron chi connectivity index (χ0n) is 12.2. The molecule has 0 radical (unpaired) electrons. The van der Waals surface area contributed by atoms with E-state index in [9.17, 15) is 4.79 Å². The molecular formula is C16H23NO3. The number of aryl methyl sites for hydroxylation is 1. The van der Waals surface area contributed by atoms with Gasteiger partial charge in [-0.3, -0.25) is 4.79 Å². The highest BCUT2D eigenvalue weighted by atomic mass is 16.5. The van der Waals surface area contributed by atoms with Crippen LogP contribution < -0.4 is 10.1 Å². The summed E-state index contributed by atoms with van der Waals surface area (Å²) >= 11 is 0. The van der Waals surface area contributed by atoms with Crippen LogP contribution in [0.4, 0.5) is 5.69 Å². The van der Waals surface area contributed by atoms with Crippen molar-refractivity contribution < 1.29 is 14.6 Å². The molecule has 20 heavy (non-hydrogen) atoms. The second-order valence-corrected chi connectivity index (χ2v) is 5.46. The number of nitrogens with one attached hydrogen (secondary N) is 1. The van der Waals surface area contributed by atoms with Gasteiger partial charge in [0.25, 0.3) is 0 Å². The van der Waals surface area contributed by atoms with Crippen LogP contribution in [-0.2, 0) is 4.79 Å². The third-order valence-electron chi connectivity index (χ3n) is 3.87. The van der Waals surface area contributed by atoms with Gasteiger partial charge in [0, 0.05) is 6.04 Å². The van der Waals surface area contributed by atoms with E-state index in [1.54, 1.807) is 0 Å². The van der Waals surface area contributed by atoms with Crippen molar-refractivity contribution in [1.29, 1.82) is 0 Å². The number of rotatable bonds is 5. The number of carboxylic acids is 1. The molecule has 1 aromatic rings. The Morgan fingerprint density at radius 1 is 1.35 bits per heavy atom. The van der Waals surface area contributed by atoms with Gasteiger partial charge < -0.3 is 15.2 Å². The predicted molar refractivity (Wildman–Crippen MR) is 79.4 cm³/mol. The van der Waals surface area contributed by atoms with Crippen LogP contribution in [-0.4, -0.2) is 23.7 Å². The molecule has 2 N–H and O–H groups in total. The van der Waals surface area contributed by atoms with E-state index < -0.39 is 5.97 Å². The minimum atomic E-state index is -0.659. The molecule has 0 saturated heterocycles. The fraction of sp³-hybridized carbons (Fsp3) is 0.562. The highest BCUT2D eigenvalue weighted by molar-refractivity contribution is 5.70. The average Bonchev–Trinajstić information content (AvgIpc) is 2.43. The number of aliphatic carboxylic acids is 1. The molecule has 0 aliphatic heterocycles. The molecule has 0 unspecified atom stereocenters. The van der Waals surface area contributed by atoms with Gasteiger partial charge in [0.1, 0.15) is 5.75 Å². The van der Waals surface area contributed by atoms with Crippen molar-refractivity contribution in [2.24, 2.45) is 5.92 Å². The maximum atomic E-state index is 11.0. The molecule has 4 nitrogen and oxygen atoms in total. The van der Waals surface area contributed by atoms with E-state index in [-0.39, 0.29) is 5.92 Å². The van der Waals surface area contributed by atoms with Crippen LogP contribution in [0.3, 0.4) is 0 Å². The second-order valence-electron chi connectivity index (χ2n) is 5.46. The fourth-order valence-electron chi connectivity index (χ4n) is 2.73. The number of hydrogen-bond donors (Lipinski definition) is 2. The molecule has 1 aliphatic rings. The van der Waals surface area contributed by atoms with Crippen LogP contribution in [0.2, 0.25) is 0 Å². The summed E-state index contributed by atoms with van der Waals surface area (Å²) < 4.78 is 5.66. The van der Waals surface area contributed by atoms with E-state index in [0.29, 0.717) is 12.6 Å². The fourth-order valence-corrected chi connectivity index (χ4v) is 2.73. The lowest BCUT2D eigenvalue weighted by Crippen LogP contribution is -2.29. The Morgan fingerprint density at radius 2 is 2.05 bits per heavy atom. The first-order chi connectivity index (χ1) is 9.60. The smallest absolute Gasteiger partial charge is 0.306 e. The highest BCUT2D eigenvalue weighted by Gasteiger charge is 2.26. The number of carbonyl (C=O) groups is 1. The molecule has 1 fully saturated rings. The van der Waals surface area contributed by atoms with Crippen molar-refractivity contribution in [2.45, 2.75) is 45.6 Å². The van der Waals surface area contributed by atoms with E-state index in [1.807, 2.05) is 26.0 Å². The van der Waals surface area contributed by atoms with Crippen molar-refractivity contribution in [3.8, 4) is 5.75 Å². The van der Waals surface area contributed by atoms with Gasteiger partial charge in [-0.25, -0.2) is 0 Å². The lowest BCUT2D eigenvalue weighted by atomic mass is 9.86. The van der Waals surface area contributed by atoms with Crippen molar-refractivity contribution in [2.75, 3.05) is 11.9 Å². The molecule has 0 bridgehead atoms. The topological polar surface area (TPSA) is 58.6 Å². The summed E-state index contributed by atoms with van der Waals surface area (Å²) in [5.74, 6) is 0.0547. The molecule has 0 atom stereocenters. The number of hydrogen-bond acceptors (Lipinski definition) is 3. The summed E-state index contributed by atoms with van der Waals surface area (Å²) in [7, 11) is 0. The Labute approximate surface area is 120 Å². The normalized spacial score (nSPS) is 22.3. The van der Waals surface area contributed by atoms with Crippen LogP contribution in [0.1, 0.15) is 38.2 Å². The van der Waals surface area contributed by atoms with Gasteiger partial charge in [0.2, 0.25) is 0 Å². The first kappa shape index (κ1) is 14.7. The van der Waals surface area contributed by atoms with Crippen LogP contribution in [0.25, 0.3) is 0 Å². The minimum Gasteiger partial charge on any atom is -0.492 e. The largest absolute Gasteiger partial charge is 0.492 e. The van der Waals surface area contributed by atoms with Gasteiger partial charge in [-0.05, 0) is 57.2 Å². The molecule has 110 valence electrons. The quantitative estimate of drug-likeness (QED) is 0.865. The lowest BCUT2D eigenvalue weighted by Gasteiger charge is -2.28. The van der Waals surface area contributed by atoms with E-state index in [0.717, 1.165) is 37.1 Å². The molecule has 2 rings (SSSR count). The SMILES string of the molecule is CCOc1cc(C)ccc1NC1CCC(C(=O)O)CC1. The first-order valence-electron chi connectivity index (χ1n) is 7.33. The van der Waals surface area contributed by atoms with Gasteiger partial charge in [-0.2, -0.15) is 0 Å². The Kier molecular flexibility index (Phi) is 4.88. The number of benzene rings is 1. The maximum Gasteiger partial charge on any atom is 0.306 e. The summed E-state index contributed by atoms with van der Waals surface area (Å²) in [6, 6.07) is 6.49. The first-order valence-corrected chi connectivity index (χ1v) is 7.33. The van der Waals surface area contributed by atoms with E-state index in [1.165, 1.54) is 5.56 Å². The van der Waals surface area contributed by atoms with Gasteiger partial charge in [-0.1, -0.05) is 6.07 Å². The third-order valence-corrected chi connectivity index (χ3v) is 3.87. The van der Waals surface area contributed by atoms with Crippen molar-refractivity contribution in [1.82, 2.24) is 0 Å². The monoisotopic (exact) mass is 277 g/mol.